The van der Waals surface area contributed by atoms with Crippen LogP contribution in [0.4, 0.5) is 36.3 Å². The van der Waals surface area contributed by atoms with Crippen LogP contribution >= 0.6 is 0 Å². The number of carbonyl (C=O) groups is 1. The standard InChI is InChI=1S/C38H48F3N7O3/c1-21(2)44-26-11-12-48(20-26)33-24-13-23-14-25(33)18-37(16-23,17-24)51-27-9-10-30(31(15-27)50-5)45-36-43-19-29(38(39,40)41)34(47-36)46-32-22(3)7-6-8-28(32)35(49)42-4/h6-10,15,19,21,23-26,33,44H,11-14,16-18,20H2,1-5H3,(H,42,49)(H2,43,45,46,47)/t23?,24?,25?,26-,33-,37+/m0/s1. The molecule has 4 aliphatic carbocycles. The van der Waals surface area contributed by atoms with E-state index in [4.69, 9.17) is 9.47 Å². The number of anilines is 4. The molecular formula is C38H48F3N7O3. The molecule has 5 aliphatic rings. The SMILES string of the molecule is CNC(=O)c1cccc(C)c1Nc1nc(Nc2ccc(O[C@]34CC5CC(C3)[C@H](N3CC[C@H](NC(C)C)C3)C(C5)C4)cc2OC)ncc1C(F)(F)F. The van der Waals surface area contributed by atoms with Crippen LogP contribution in [0.1, 0.15) is 73.9 Å². The van der Waals surface area contributed by atoms with Gasteiger partial charge in [0.1, 0.15) is 28.5 Å². The van der Waals surface area contributed by atoms with Crippen LogP contribution in [-0.2, 0) is 6.18 Å². The summed E-state index contributed by atoms with van der Waals surface area (Å²) in [5.41, 5.74) is 0.186. The number of alkyl halides is 3. The number of aromatic nitrogens is 2. The zero-order valence-corrected chi connectivity index (χ0v) is 29.9. The molecule has 2 aromatic carbocycles. The van der Waals surface area contributed by atoms with Crippen molar-refractivity contribution in [1.29, 1.82) is 0 Å². The molecule has 1 aliphatic heterocycles. The van der Waals surface area contributed by atoms with E-state index in [1.807, 2.05) is 12.1 Å². The smallest absolute Gasteiger partial charge is 0.421 e. The molecule has 1 aromatic heterocycles. The Balaban J connectivity index is 1.09. The molecule has 8 rings (SSSR count). The third-order valence-electron chi connectivity index (χ3n) is 11.2. The van der Waals surface area contributed by atoms with Crippen molar-refractivity contribution in [2.75, 3.05) is 37.9 Å². The predicted molar refractivity (Wildman–Crippen MR) is 190 cm³/mol. The molecule has 0 radical (unpaired) electrons. The highest BCUT2D eigenvalue weighted by Gasteiger charge is 2.58. The highest BCUT2D eigenvalue weighted by molar-refractivity contribution is 6.00. The molecule has 1 amide bonds. The van der Waals surface area contributed by atoms with Crippen molar-refractivity contribution >= 4 is 29.0 Å². The molecule has 51 heavy (non-hydrogen) atoms. The number of nitrogens with one attached hydrogen (secondary N) is 4. The number of hydrogen-bond donors (Lipinski definition) is 4. The average Bonchev–Trinajstić information content (AvgIpc) is 3.52. The first-order valence-corrected chi connectivity index (χ1v) is 18.0. The number of methoxy groups -OCH3 is 1. The lowest BCUT2D eigenvalue weighted by Gasteiger charge is -2.61. The highest BCUT2D eigenvalue weighted by Crippen LogP contribution is 2.58. The van der Waals surface area contributed by atoms with Gasteiger partial charge in [0.25, 0.3) is 5.91 Å². The molecule has 0 spiro atoms. The van der Waals surface area contributed by atoms with Crippen LogP contribution in [0.5, 0.6) is 11.5 Å². The molecule has 4 N–H and O–H groups in total. The number of nitrogens with zero attached hydrogens (tertiary/aromatic N) is 3. The number of benzene rings is 2. The van der Waals surface area contributed by atoms with Crippen LogP contribution in [0.2, 0.25) is 0 Å². The molecule has 3 atom stereocenters. The van der Waals surface area contributed by atoms with Gasteiger partial charge in [0.2, 0.25) is 5.95 Å². The van der Waals surface area contributed by atoms with Gasteiger partial charge >= 0.3 is 6.18 Å². The lowest BCUT2D eigenvalue weighted by atomic mass is 9.52. The van der Waals surface area contributed by atoms with E-state index in [1.54, 1.807) is 25.1 Å². The van der Waals surface area contributed by atoms with Crippen molar-refractivity contribution in [2.24, 2.45) is 17.8 Å². The molecule has 13 heteroatoms. The number of hydrogen-bond acceptors (Lipinski definition) is 9. The van der Waals surface area contributed by atoms with Gasteiger partial charge in [-0.05, 0) is 87.0 Å². The van der Waals surface area contributed by atoms with Crippen molar-refractivity contribution in [3.05, 3.63) is 59.3 Å². The van der Waals surface area contributed by atoms with Gasteiger partial charge in [-0.3, -0.25) is 9.69 Å². The second-order valence-corrected chi connectivity index (χ2v) is 15.2. The first kappa shape index (κ1) is 35.3. The van der Waals surface area contributed by atoms with E-state index in [0.29, 0.717) is 58.6 Å². The van der Waals surface area contributed by atoms with E-state index in [2.05, 4.69) is 50.0 Å². The minimum absolute atomic E-state index is 0.0765. The molecule has 274 valence electrons. The van der Waals surface area contributed by atoms with E-state index >= 15 is 0 Å². The largest absolute Gasteiger partial charge is 0.494 e. The number of likely N-dealkylation sites (tertiary alicyclic amines) is 1. The van der Waals surface area contributed by atoms with Crippen LogP contribution in [0.25, 0.3) is 0 Å². The van der Waals surface area contributed by atoms with Crippen molar-refractivity contribution < 1.29 is 27.4 Å². The van der Waals surface area contributed by atoms with E-state index in [-0.39, 0.29) is 22.8 Å². The number of halogens is 3. The third kappa shape index (κ3) is 7.19. The summed E-state index contributed by atoms with van der Waals surface area (Å²) in [6.45, 7) is 8.44. The van der Waals surface area contributed by atoms with E-state index < -0.39 is 23.5 Å². The van der Waals surface area contributed by atoms with Gasteiger partial charge in [-0.2, -0.15) is 18.2 Å². The van der Waals surface area contributed by atoms with E-state index in [9.17, 15) is 18.0 Å². The summed E-state index contributed by atoms with van der Waals surface area (Å²) < 4.78 is 54.9. The minimum atomic E-state index is -4.74. The number of carbonyl (C=O) groups excluding carboxylic acids is 1. The third-order valence-corrected chi connectivity index (χ3v) is 11.2. The lowest BCUT2D eigenvalue weighted by Crippen LogP contribution is -2.63. The predicted octanol–water partition coefficient (Wildman–Crippen LogP) is 7.06. The maximum absolute atomic E-state index is 14.1. The maximum atomic E-state index is 14.1. The summed E-state index contributed by atoms with van der Waals surface area (Å²) in [4.78, 5) is 23.5. The number of ether oxygens (including phenoxy) is 2. The summed E-state index contributed by atoms with van der Waals surface area (Å²) in [5, 5.41) is 12.1. The molecule has 3 aromatic rings. The van der Waals surface area contributed by atoms with Crippen molar-refractivity contribution in [3.8, 4) is 11.5 Å². The number of aryl methyl sites for hydroxylation is 1. The zero-order valence-electron chi connectivity index (χ0n) is 29.9. The summed E-state index contributed by atoms with van der Waals surface area (Å²) in [6, 6.07) is 12.1. The van der Waals surface area contributed by atoms with Crippen molar-refractivity contribution in [1.82, 2.24) is 25.5 Å². The topological polar surface area (TPSA) is 113 Å². The normalized spacial score (nSPS) is 27.1. The fraction of sp³-hybridized carbons (Fsp3) is 0.553. The number of rotatable bonds is 11. The van der Waals surface area contributed by atoms with Crippen molar-refractivity contribution in [3.63, 3.8) is 0 Å². The first-order valence-electron chi connectivity index (χ1n) is 18.0. The molecular weight excluding hydrogens is 659 g/mol. The van der Waals surface area contributed by atoms with Crippen LogP contribution in [0.15, 0.2) is 42.6 Å². The van der Waals surface area contributed by atoms with E-state index in [1.165, 1.54) is 39.5 Å². The van der Waals surface area contributed by atoms with Crippen LogP contribution < -0.4 is 30.7 Å². The Labute approximate surface area is 297 Å². The Morgan fingerprint density at radius 3 is 2.53 bits per heavy atom. The monoisotopic (exact) mass is 707 g/mol. The molecule has 10 nitrogen and oxygen atoms in total. The fourth-order valence-corrected chi connectivity index (χ4v) is 9.54. The van der Waals surface area contributed by atoms with Gasteiger partial charge in [-0.25, -0.2) is 4.98 Å². The Kier molecular flexibility index (Phi) is 9.55. The highest BCUT2D eigenvalue weighted by atomic mass is 19.4. The summed E-state index contributed by atoms with van der Waals surface area (Å²) in [5.74, 6) is 2.09. The fourth-order valence-electron chi connectivity index (χ4n) is 9.54. The quantitative estimate of drug-likeness (QED) is 0.167. The van der Waals surface area contributed by atoms with Crippen LogP contribution in [0.3, 0.4) is 0 Å². The zero-order chi connectivity index (χ0) is 36.1. The van der Waals surface area contributed by atoms with Gasteiger partial charge in [-0.1, -0.05) is 26.0 Å². The van der Waals surface area contributed by atoms with Gasteiger partial charge in [0.05, 0.1) is 24.0 Å². The molecule has 2 heterocycles. The van der Waals surface area contributed by atoms with Crippen LogP contribution in [0, 0.1) is 24.7 Å². The molecule has 1 saturated heterocycles. The van der Waals surface area contributed by atoms with Crippen molar-refractivity contribution in [2.45, 2.75) is 89.2 Å². The van der Waals surface area contributed by atoms with Gasteiger partial charge < -0.3 is 30.7 Å². The first-order chi connectivity index (χ1) is 24.3. The molecule has 5 fully saturated rings. The van der Waals surface area contributed by atoms with Gasteiger partial charge in [0, 0.05) is 50.5 Å². The molecule has 4 bridgehead atoms. The Hall–Kier alpha value is -4.10. The minimum Gasteiger partial charge on any atom is -0.494 e. The second-order valence-electron chi connectivity index (χ2n) is 15.2. The Morgan fingerprint density at radius 2 is 1.84 bits per heavy atom. The molecule has 4 saturated carbocycles. The number of amides is 1. The average molecular weight is 708 g/mol. The van der Waals surface area contributed by atoms with Gasteiger partial charge in [-0.15, -0.1) is 0 Å². The Bertz CT molecular complexity index is 1750. The number of para-hydroxylation sites is 1. The molecule has 2 unspecified atom stereocenters. The Morgan fingerprint density at radius 1 is 1.08 bits per heavy atom. The van der Waals surface area contributed by atoms with E-state index in [0.717, 1.165) is 38.5 Å². The summed E-state index contributed by atoms with van der Waals surface area (Å²) >= 11 is 0. The van der Waals surface area contributed by atoms with Gasteiger partial charge in [0.15, 0.2) is 0 Å². The lowest BCUT2D eigenvalue weighted by molar-refractivity contribution is -0.144. The second kappa shape index (κ2) is 13.8. The summed E-state index contributed by atoms with van der Waals surface area (Å²) in [6.07, 6.45) is 2.89. The maximum Gasteiger partial charge on any atom is 0.421 e. The summed E-state index contributed by atoms with van der Waals surface area (Å²) in [7, 11) is 3.00. The van der Waals surface area contributed by atoms with Crippen LogP contribution in [-0.4, -0.2) is 71.7 Å².